The maximum Gasteiger partial charge on any atom is 0.224 e. The van der Waals surface area contributed by atoms with Crippen LogP contribution in [-0.4, -0.2) is 45.6 Å². The highest BCUT2D eigenvalue weighted by molar-refractivity contribution is 5.93. The van der Waals surface area contributed by atoms with Crippen molar-refractivity contribution in [3.05, 3.63) is 24.3 Å². The first-order valence-electron chi connectivity index (χ1n) is 8.41. The number of rotatable bonds is 5. The summed E-state index contributed by atoms with van der Waals surface area (Å²) in [6.07, 6.45) is 1.61. The van der Waals surface area contributed by atoms with Gasteiger partial charge in [-0.05, 0) is 31.9 Å². The Morgan fingerprint density at radius 2 is 2.12 bits per heavy atom. The maximum atomic E-state index is 12.3. The predicted molar refractivity (Wildman–Crippen MR) is 91.6 cm³/mol. The number of piperidine rings is 1. The zero-order valence-corrected chi connectivity index (χ0v) is 14.3. The molecule has 6 nitrogen and oxygen atoms in total. The Hall–Kier alpha value is -2.08. The second-order valence-corrected chi connectivity index (χ2v) is 6.65. The molecule has 0 spiro atoms. The van der Waals surface area contributed by atoms with E-state index in [0.717, 1.165) is 6.42 Å². The number of aliphatic hydroxyl groups is 1. The van der Waals surface area contributed by atoms with Crippen LogP contribution in [0.4, 0.5) is 5.69 Å². The molecule has 24 heavy (non-hydrogen) atoms. The van der Waals surface area contributed by atoms with Crippen LogP contribution in [0.15, 0.2) is 24.3 Å². The van der Waals surface area contributed by atoms with Gasteiger partial charge in [-0.1, -0.05) is 13.0 Å². The third-order valence-electron chi connectivity index (χ3n) is 4.75. The summed E-state index contributed by atoms with van der Waals surface area (Å²) in [4.78, 5) is 26.0. The largest absolute Gasteiger partial charge is 0.508 e. The molecule has 1 aromatic carbocycles. The highest BCUT2D eigenvalue weighted by Crippen LogP contribution is 2.30. The monoisotopic (exact) mass is 334 g/mol. The molecule has 1 fully saturated rings. The van der Waals surface area contributed by atoms with Gasteiger partial charge in [0.05, 0.1) is 5.60 Å². The van der Waals surface area contributed by atoms with E-state index in [-0.39, 0.29) is 36.3 Å². The van der Waals surface area contributed by atoms with Gasteiger partial charge in [-0.2, -0.15) is 0 Å². The molecule has 1 aliphatic rings. The van der Waals surface area contributed by atoms with Gasteiger partial charge < -0.3 is 20.4 Å². The lowest BCUT2D eigenvalue weighted by Gasteiger charge is -2.42. The van der Waals surface area contributed by atoms with Crippen LogP contribution in [0.2, 0.25) is 0 Å². The summed E-state index contributed by atoms with van der Waals surface area (Å²) in [6, 6.07) is 6.30. The number of aromatic hydroxyl groups is 1. The summed E-state index contributed by atoms with van der Waals surface area (Å²) in [7, 11) is 0. The lowest BCUT2D eigenvalue weighted by Crippen LogP contribution is -2.51. The Morgan fingerprint density at radius 1 is 1.38 bits per heavy atom. The van der Waals surface area contributed by atoms with Crippen molar-refractivity contribution in [3.63, 3.8) is 0 Å². The minimum Gasteiger partial charge on any atom is -0.508 e. The first kappa shape index (κ1) is 18.3. The van der Waals surface area contributed by atoms with Gasteiger partial charge in [0.15, 0.2) is 0 Å². The SMILES string of the molecule is CC[C@@H]1CN(C(=O)CCC(=O)Nc2cccc(O)c2)CC[C@]1(C)O. The van der Waals surface area contributed by atoms with Crippen molar-refractivity contribution in [2.45, 2.75) is 45.1 Å². The number of nitrogens with one attached hydrogen (secondary N) is 1. The third kappa shape index (κ3) is 4.71. The fourth-order valence-electron chi connectivity index (χ4n) is 3.10. The lowest BCUT2D eigenvalue weighted by atomic mass is 9.81. The van der Waals surface area contributed by atoms with Crippen LogP contribution in [-0.2, 0) is 9.59 Å². The van der Waals surface area contributed by atoms with E-state index in [2.05, 4.69) is 5.32 Å². The predicted octanol–water partition coefficient (Wildman–Crippen LogP) is 2.12. The standard InChI is InChI=1S/C18H26N2O4/c1-3-13-12-20(10-9-18(13,2)24)17(23)8-7-16(22)19-14-5-4-6-15(21)11-14/h4-6,11,13,21,24H,3,7-10,12H2,1-2H3,(H,19,22)/t13-,18+/m1/s1. The van der Waals surface area contributed by atoms with Gasteiger partial charge in [-0.15, -0.1) is 0 Å². The van der Waals surface area contributed by atoms with Crippen LogP contribution in [0.1, 0.15) is 39.5 Å². The topological polar surface area (TPSA) is 89.9 Å². The summed E-state index contributed by atoms with van der Waals surface area (Å²) in [5.41, 5.74) is -0.217. The molecule has 1 heterocycles. The molecule has 2 atom stereocenters. The number of hydrogen-bond acceptors (Lipinski definition) is 4. The fourth-order valence-corrected chi connectivity index (χ4v) is 3.10. The molecule has 1 saturated heterocycles. The zero-order valence-electron chi connectivity index (χ0n) is 14.3. The van der Waals surface area contributed by atoms with Gasteiger partial charge in [0.1, 0.15) is 5.75 Å². The van der Waals surface area contributed by atoms with Crippen molar-refractivity contribution >= 4 is 17.5 Å². The van der Waals surface area contributed by atoms with Crippen LogP contribution in [0.5, 0.6) is 5.75 Å². The number of hydrogen-bond donors (Lipinski definition) is 3. The van der Waals surface area contributed by atoms with E-state index in [1.165, 1.54) is 12.1 Å². The molecule has 0 saturated carbocycles. The number of phenolic OH excluding ortho intramolecular Hbond substituents is 1. The number of anilines is 1. The van der Waals surface area contributed by atoms with Crippen LogP contribution >= 0.6 is 0 Å². The Balaban J connectivity index is 1.81. The van der Waals surface area contributed by atoms with E-state index in [9.17, 15) is 19.8 Å². The Morgan fingerprint density at radius 3 is 2.79 bits per heavy atom. The van der Waals surface area contributed by atoms with Gasteiger partial charge in [0.25, 0.3) is 0 Å². The zero-order chi connectivity index (χ0) is 17.7. The molecule has 0 aromatic heterocycles. The van der Waals surface area contributed by atoms with Gasteiger partial charge >= 0.3 is 0 Å². The van der Waals surface area contributed by atoms with Gasteiger partial charge in [0, 0.05) is 43.6 Å². The van der Waals surface area contributed by atoms with E-state index in [0.29, 0.717) is 25.2 Å². The number of amides is 2. The number of nitrogens with zero attached hydrogens (tertiary/aromatic N) is 1. The number of benzene rings is 1. The summed E-state index contributed by atoms with van der Waals surface area (Å²) >= 11 is 0. The van der Waals surface area contributed by atoms with Crippen molar-refractivity contribution in [3.8, 4) is 5.75 Å². The number of carbonyl (C=O) groups excluding carboxylic acids is 2. The highest BCUT2D eigenvalue weighted by Gasteiger charge is 2.37. The molecule has 2 amide bonds. The Bertz CT molecular complexity index is 600. The summed E-state index contributed by atoms with van der Waals surface area (Å²) in [5, 5.41) is 22.4. The lowest BCUT2D eigenvalue weighted by molar-refractivity contribution is -0.140. The minimum absolute atomic E-state index is 0.0602. The maximum absolute atomic E-state index is 12.3. The van der Waals surface area contributed by atoms with Crippen molar-refractivity contribution < 1.29 is 19.8 Å². The molecule has 6 heteroatoms. The second-order valence-electron chi connectivity index (χ2n) is 6.65. The Labute approximate surface area is 142 Å². The number of phenols is 1. The van der Waals surface area contributed by atoms with Crippen molar-refractivity contribution in [2.75, 3.05) is 18.4 Å². The summed E-state index contributed by atoms with van der Waals surface area (Å²) < 4.78 is 0. The van der Waals surface area contributed by atoms with Crippen LogP contribution < -0.4 is 5.32 Å². The number of carbonyl (C=O) groups is 2. The van der Waals surface area contributed by atoms with Gasteiger partial charge in [-0.3, -0.25) is 9.59 Å². The molecule has 1 aliphatic heterocycles. The average Bonchev–Trinajstić information content (AvgIpc) is 2.52. The second kappa shape index (κ2) is 7.66. The molecular weight excluding hydrogens is 308 g/mol. The van der Waals surface area contributed by atoms with Crippen molar-refractivity contribution in [1.29, 1.82) is 0 Å². The Kier molecular flexibility index (Phi) is 5.83. The molecule has 2 rings (SSSR count). The molecule has 0 bridgehead atoms. The number of likely N-dealkylation sites (tertiary alicyclic amines) is 1. The third-order valence-corrected chi connectivity index (χ3v) is 4.75. The van der Waals surface area contributed by atoms with Crippen LogP contribution in [0.25, 0.3) is 0 Å². The molecule has 132 valence electrons. The van der Waals surface area contributed by atoms with E-state index < -0.39 is 5.60 Å². The highest BCUT2D eigenvalue weighted by atomic mass is 16.3. The van der Waals surface area contributed by atoms with Crippen molar-refractivity contribution in [1.82, 2.24) is 4.90 Å². The van der Waals surface area contributed by atoms with E-state index >= 15 is 0 Å². The first-order valence-corrected chi connectivity index (χ1v) is 8.41. The van der Waals surface area contributed by atoms with Crippen LogP contribution in [0.3, 0.4) is 0 Å². The van der Waals surface area contributed by atoms with Gasteiger partial charge in [-0.25, -0.2) is 0 Å². The molecule has 0 aliphatic carbocycles. The van der Waals surface area contributed by atoms with E-state index in [1.54, 1.807) is 17.0 Å². The molecular formula is C18H26N2O4. The normalized spacial score (nSPS) is 23.8. The van der Waals surface area contributed by atoms with E-state index in [1.807, 2.05) is 13.8 Å². The smallest absolute Gasteiger partial charge is 0.224 e. The summed E-state index contributed by atoms with van der Waals surface area (Å²) in [6.45, 7) is 4.90. The first-order chi connectivity index (χ1) is 11.3. The molecule has 0 unspecified atom stereocenters. The summed E-state index contributed by atoms with van der Waals surface area (Å²) in [5.74, 6) is -0.175. The van der Waals surface area contributed by atoms with Gasteiger partial charge in [0.2, 0.25) is 11.8 Å². The average molecular weight is 334 g/mol. The molecule has 1 aromatic rings. The quantitative estimate of drug-likeness (QED) is 0.769. The fraction of sp³-hybridized carbons (Fsp3) is 0.556. The molecule has 3 N–H and O–H groups in total. The minimum atomic E-state index is -0.724. The van der Waals surface area contributed by atoms with E-state index in [4.69, 9.17) is 0 Å². The van der Waals surface area contributed by atoms with Crippen LogP contribution in [0, 0.1) is 5.92 Å². The molecule has 0 radical (unpaired) electrons. The van der Waals surface area contributed by atoms with Crippen molar-refractivity contribution in [2.24, 2.45) is 5.92 Å².